The standard InChI is InChI=1S/C10H20N2O2/c1-3-14-8-7-12-6-4-5-9(11-2)10(12)13/h9,11H,3-8H2,1-2H3. The molecule has 0 aromatic heterocycles. The van der Waals surface area contributed by atoms with E-state index in [4.69, 9.17) is 4.74 Å². The van der Waals surface area contributed by atoms with Crippen LogP contribution in [0, 0.1) is 0 Å². The molecule has 0 radical (unpaired) electrons. The Morgan fingerprint density at radius 3 is 3.07 bits per heavy atom. The Bertz CT molecular complexity index is 185. The molecule has 1 fully saturated rings. The fraction of sp³-hybridized carbons (Fsp3) is 0.900. The number of hydrogen-bond acceptors (Lipinski definition) is 3. The SMILES string of the molecule is CCOCCN1CCCC(NC)C1=O. The highest BCUT2D eigenvalue weighted by Crippen LogP contribution is 2.10. The largest absolute Gasteiger partial charge is 0.380 e. The second kappa shape index (κ2) is 5.98. The lowest BCUT2D eigenvalue weighted by Gasteiger charge is -2.31. The van der Waals surface area contributed by atoms with Crippen LogP contribution in [-0.4, -0.2) is 50.2 Å². The minimum atomic E-state index is 0.0189. The first-order valence-electron chi connectivity index (χ1n) is 5.33. The van der Waals surface area contributed by atoms with Gasteiger partial charge in [0.2, 0.25) is 5.91 Å². The van der Waals surface area contributed by atoms with Crippen LogP contribution in [-0.2, 0) is 9.53 Å². The molecule has 1 heterocycles. The zero-order valence-corrected chi connectivity index (χ0v) is 9.08. The lowest BCUT2D eigenvalue weighted by molar-refractivity contribution is -0.136. The topological polar surface area (TPSA) is 41.6 Å². The van der Waals surface area contributed by atoms with Gasteiger partial charge in [-0.2, -0.15) is 0 Å². The number of likely N-dealkylation sites (tertiary alicyclic amines) is 1. The van der Waals surface area contributed by atoms with Gasteiger partial charge in [-0.15, -0.1) is 0 Å². The highest BCUT2D eigenvalue weighted by atomic mass is 16.5. The van der Waals surface area contributed by atoms with E-state index >= 15 is 0 Å². The molecule has 1 rings (SSSR count). The number of likely N-dealkylation sites (N-methyl/N-ethyl adjacent to an activating group) is 1. The summed E-state index contributed by atoms with van der Waals surface area (Å²) >= 11 is 0. The van der Waals surface area contributed by atoms with Crippen molar-refractivity contribution in [3.8, 4) is 0 Å². The molecule has 4 nitrogen and oxygen atoms in total. The molecule has 0 spiro atoms. The van der Waals surface area contributed by atoms with Crippen LogP contribution in [0.5, 0.6) is 0 Å². The summed E-state index contributed by atoms with van der Waals surface area (Å²) in [6.07, 6.45) is 2.05. The molecule has 82 valence electrons. The number of hydrogen-bond donors (Lipinski definition) is 1. The van der Waals surface area contributed by atoms with Crippen LogP contribution in [0.3, 0.4) is 0 Å². The van der Waals surface area contributed by atoms with Crippen LogP contribution >= 0.6 is 0 Å². The maximum absolute atomic E-state index is 11.8. The Hall–Kier alpha value is -0.610. The molecule has 0 aromatic carbocycles. The van der Waals surface area contributed by atoms with E-state index in [1.807, 2.05) is 18.9 Å². The molecule has 14 heavy (non-hydrogen) atoms. The molecule has 0 saturated carbocycles. The quantitative estimate of drug-likeness (QED) is 0.646. The molecule has 0 aromatic rings. The van der Waals surface area contributed by atoms with Gasteiger partial charge in [0, 0.05) is 19.7 Å². The lowest BCUT2D eigenvalue weighted by Crippen LogP contribution is -2.50. The molecule has 0 bridgehead atoms. The van der Waals surface area contributed by atoms with Gasteiger partial charge >= 0.3 is 0 Å². The molecule has 1 amide bonds. The van der Waals surface area contributed by atoms with Gasteiger partial charge in [0.25, 0.3) is 0 Å². The van der Waals surface area contributed by atoms with E-state index in [1.54, 1.807) is 0 Å². The minimum absolute atomic E-state index is 0.0189. The fourth-order valence-electron chi connectivity index (χ4n) is 1.75. The Morgan fingerprint density at radius 2 is 2.43 bits per heavy atom. The second-order valence-corrected chi connectivity index (χ2v) is 3.51. The van der Waals surface area contributed by atoms with Crippen LogP contribution in [0.1, 0.15) is 19.8 Å². The van der Waals surface area contributed by atoms with Gasteiger partial charge < -0.3 is 15.0 Å². The van der Waals surface area contributed by atoms with Gasteiger partial charge in [-0.1, -0.05) is 0 Å². The van der Waals surface area contributed by atoms with Crippen LogP contribution in [0.2, 0.25) is 0 Å². The van der Waals surface area contributed by atoms with E-state index in [0.29, 0.717) is 6.61 Å². The van der Waals surface area contributed by atoms with E-state index in [1.165, 1.54) is 0 Å². The van der Waals surface area contributed by atoms with Gasteiger partial charge in [0.15, 0.2) is 0 Å². The third-order valence-corrected chi connectivity index (χ3v) is 2.59. The van der Waals surface area contributed by atoms with Crippen molar-refractivity contribution < 1.29 is 9.53 Å². The molecule has 1 saturated heterocycles. The number of ether oxygens (including phenoxy) is 1. The van der Waals surface area contributed by atoms with Crippen molar-refractivity contribution in [3.05, 3.63) is 0 Å². The first-order valence-corrected chi connectivity index (χ1v) is 5.33. The Morgan fingerprint density at radius 1 is 1.64 bits per heavy atom. The maximum atomic E-state index is 11.8. The highest BCUT2D eigenvalue weighted by Gasteiger charge is 2.26. The zero-order valence-electron chi connectivity index (χ0n) is 9.08. The zero-order chi connectivity index (χ0) is 10.4. The summed E-state index contributed by atoms with van der Waals surface area (Å²) in [6.45, 7) is 4.94. The van der Waals surface area contributed by atoms with Crippen molar-refractivity contribution in [2.75, 3.05) is 33.4 Å². The molecule has 1 unspecified atom stereocenters. The Kier molecular flexibility index (Phi) is 4.90. The fourth-order valence-corrected chi connectivity index (χ4v) is 1.75. The summed E-state index contributed by atoms with van der Waals surface area (Å²) in [4.78, 5) is 13.6. The summed E-state index contributed by atoms with van der Waals surface area (Å²) in [6, 6.07) is 0.0189. The van der Waals surface area contributed by atoms with Crippen molar-refractivity contribution in [1.29, 1.82) is 0 Å². The number of carbonyl (C=O) groups excluding carboxylic acids is 1. The predicted octanol–water partition coefficient (Wildman–Crippen LogP) is 0.233. The average molecular weight is 200 g/mol. The van der Waals surface area contributed by atoms with Crippen LogP contribution in [0.15, 0.2) is 0 Å². The number of nitrogens with zero attached hydrogens (tertiary/aromatic N) is 1. The molecule has 0 aliphatic carbocycles. The summed E-state index contributed by atoms with van der Waals surface area (Å²) in [5.41, 5.74) is 0. The first kappa shape index (κ1) is 11.5. The predicted molar refractivity (Wildman–Crippen MR) is 55.2 cm³/mol. The van der Waals surface area contributed by atoms with E-state index in [-0.39, 0.29) is 11.9 Å². The molecule has 1 aliphatic heterocycles. The van der Waals surface area contributed by atoms with Gasteiger partial charge in [0.05, 0.1) is 12.6 Å². The van der Waals surface area contributed by atoms with Crippen molar-refractivity contribution in [1.82, 2.24) is 10.2 Å². The third kappa shape index (κ3) is 2.96. The second-order valence-electron chi connectivity index (χ2n) is 3.51. The summed E-state index contributed by atoms with van der Waals surface area (Å²) in [5, 5.41) is 3.04. The van der Waals surface area contributed by atoms with E-state index in [0.717, 1.165) is 32.5 Å². The number of piperidine rings is 1. The van der Waals surface area contributed by atoms with Crippen LogP contribution in [0.25, 0.3) is 0 Å². The van der Waals surface area contributed by atoms with Crippen LogP contribution < -0.4 is 5.32 Å². The molecular weight excluding hydrogens is 180 g/mol. The lowest BCUT2D eigenvalue weighted by atomic mass is 10.1. The summed E-state index contributed by atoms with van der Waals surface area (Å²) < 4.78 is 5.24. The summed E-state index contributed by atoms with van der Waals surface area (Å²) in [7, 11) is 1.84. The van der Waals surface area contributed by atoms with Gasteiger partial charge in [0.1, 0.15) is 0 Å². The molecule has 1 atom stereocenters. The molecule has 1 N–H and O–H groups in total. The van der Waals surface area contributed by atoms with E-state index < -0.39 is 0 Å². The van der Waals surface area contributed by atoms with E-state index in [9.17, 15) is 4.79 Å². The van der Waals surface area contributed by atoms with Crippen molar-refractivity contribution >= 4 is 5.91 Å². The van der Waals surface area contributed by atoms with Gasteiger partial charge in [-0.3, -0.25) is 4.79 Å². The van der Waals surface area contributed by atoms with Crippen LogP contribution in [0.4, 0.5) is 0 Å². The normalized spacial score (nSPS) is 22.9. The molecule has 1 aliphatic rings. The highest BCUT2D eigenvalue weighted by molar-refractivity contribution is 5.82. The van der Waals surface area contributed by atoms with E-state index in [2.05, 4.69) is 5.32 Å². The number of amides is 1. The maximum Gasteiger partial charge on any atom is 0.239 e. The number of nitrogens with one attached hydrogen (secondary N) is 1. The number of rotatable bonds is 5. The number of carbonyl (C=O) groups is 1. The third-order valence-electron chi connectivity index (χ3n) is 2.59. The smallest absolute Gasteiger partial charge is 0.239 e. The van der Waals surface area contributed by atoms with Gasteiger partial charge in [-0.05, 0) is 26.8 Å². The molecule has 4 heteroatoms. The summed E-state index contributed by atoms with van der Waals surface area (Å²) in [5.74, 6) is 0.221. The Balaban J connectivity index is 2.32. The first-order chi connectivity index (χ1) is 6.79. The minimum Gasteiger partial charge on any atom is -0.380 e. The Labute approximate surface area is 85.6 Å². The van der Waals surface area contributed by atoms with Crippen molar-refractivity contribution in [3.63, 3.8) is 0 Å². The van der Waals surface area contributed by atoms with Crippen molar-refractivity contribution in [2.45, 2.75) is 25.8 Å². The van der Waals surface area contributed by atoms with Crippen molar-refractivity contribution in [2.24, 2.45) is 0 Å². The monoisotopic (exact) mass is 200 g/mol. The average Bonchev–Trinajstić information content (AvgIpc) is 2.21. The van der Waals surface area contributed by atoms with Gasteiger partial charge in [-0.25, -0.2) is 0 Å². The molecular formula is C10H20N2O2.